The van der Waals surface area contributed by atoms with Gasteiger partial charge in [-0.3, -0.25) is 10.1 Å². The zero-order chi connectivity index (χ0) is 13.0. The number of hydrogen-bond donors (Lipinski definition) is 3. The molecule has 19 heavy (non-hydrogen) atoms. The normalized spacial score (nSPS) is 17.4. The van der Waals surface area contributed by atoms with Crippen LogP contribution in [0.3, 0.4) is 0 Å². The first-order chi connectivity index (χ1) is 8.65. The number of anilines is 1. The van der Waals surface area contributed by atoms with Crippen LogP contribution in [0.2, 0.25) is 0 Å². The van der Waals surface area contributed by atoms with Gasteiger partial charge in [0.15, 0.2) is 0 Å². The van der Waals surface area contributed by atoms with Crippen molar-refractivity contribution in [2.45, 2.75) is 18.9 Å². The Bertz CT molecular complexity index is 447. The molecule has 0 radical (unpaired) electrons. The van der Waals surface area contributed by atoms with Crippen LogP contribution in [0.5, 0.6) is 0 Å². The molecule has 7 heteroatoms. The number of carbonyl (C=O) groups is 2. The molecule has 5 nitrogen and oxygen atoms in total. The standard InChI is InChI=1S/C12H14BrN3O2.ClH/c13-8-3-5-9(6-4-8)15-12(18)16-11(17)10-2-1-7-14-10;/h3-6,10,14H,1-2,7H2,(H2,15,16,17,18);1H/t10-;/m0./s1. The Hall–Kier alpha value is -1.11. The highest BCUT2D eigenvalue weighted by atomic mass is 79.9. The number of imide groups is 1. The minimum atomic E-state index is -0.504. The first-order valence-corrected chi connectivity index (χ1v) is 6.55. The highest BCUT2D eigenvalue weighted by molar-refractivity contribution is 9.10. The van der Waals surface area contributed by atoms with Crippen molar-refractivity contribution < 1.29 is 9.59 Å². The van der Waals surface area contributed by atoms with E-state index in [1.54, 1.807) is 12.1 Å². The zero-order valence-electron chi connectivity index (χ0n) is 10.1. The number of rotatable bonds is 2. The van der Waals surface area contributed by atoms with Crippen LogP contribution < -0.4 is 16.0 Å². The van der Waals surface area contributed by atoms with Crippen LogP contribution in [0, 0.1) is 0 Å². The third-order valence-corrected chi connectivity index (χ3v) is 3.24. The highest BCUT2D eigenvalue weighted by Crippen LogP contribution is 2.13. The molecular weight excluding hydrogens is 334 g/mol. The molecule has 0 aliphatic carbocycles. The minimum Gasteiger partial charge on any atom is -0.308 e. The summed E-state index contributed by atoms with van der Waals surface area (Å²) in [5, 5.41) is 7.96. The Morgan fingerprint density at radius 3 is 2.53 bits per heavy atom. The fraction of sp³-hybridized carbons (Fsp3) is 0.333. The van der Waals surface area contributed by atoms with Gasteiger partial charge in [0.05, 0.1) is 6.04 Å². The van der Waals surface area contributed by atoms with E-state index in [9.17, 15) is 9.59 Å². The minimum absolute atomic E-state index is 0. The molecule has 0 spiro atoms. The topological polar surface area (TPSA) is 70.2 Å². The van der Waals surface area contributed by atoms with E-state index in [-0.39, 0.29) is 24.4 Å². The van der Waals surface area contributed by atoms with Crippen molar-refractivity contribution in [3.8, 4) is 0 Å². The number of urea groups is 1. The number of halogens is 2. The second-order valence-electron chi connectivity index (χ2n) is 4.10. The van der Waals surface area contributed by atoms with Gasteiger partial charge < -0.3 is 10.6 Å². The van der Waals surface area contributed by atoms with Crippen LogP contribution in [0.15, 0.2) is 28.7 Å². The lowest BCUT2D eigenvalue weighted by Crippen LogP contribution is -2.44. The lowest BCUT2D eigenvalue weighted by atomic mass is 10.2. The van der Waals surface area contributed by atoms with Gasteiger partial charge in [-0.05, 0) is 43.7 Å². The average molecular weight is 349 g/mol. The molecule has 1 heterocycles. The number of benzene rings is 1. The molecule has 1 saturated heterocycles. The average Bonchev–Trinajstić information content (AvgIpc) is 2.85. The summed E-state index contributed by atoms with van der Waals surface area (Å²) in [5.74, 6) is -0.276. The first-order valence-electron chi connectivity index (χ1n) is 5.76. The van der Waals surface area contributed by atoms with E-state index in [0.29, 0.717) is 5.69 Å². The van der Waals surface area contributed by atoms with Gasteiger partial charge in [-0.2, -0.15) is 0 Å². The maximum atomic E-state index is 11.7. The van der Waals surface area contributed by atoms with E-state index >= 15 is 0 Å². The summed E-state index contributed by atoms with van der Waals surface area (Å²) in [6, 6.07) is 6.38. The zero-order valence-corrected chi connectivity index (χ0v) is 12.5. The van der Waals surface area contributed by atoms with E-state index in [1.165, 1.54) is 0 Å². The number of nitrogens with one attached hydrogen (secondary N) is 3. The first kappa shape index (κ1) is 15.9. The molecule has 0 aromatic heterocycles. The van der Waals surface area contributed by atoms with Crippen molar-refractivity contribution in [1.82, 2.24) is 10.6 Å². The molecule has 1 atom stereocenters. The maximum Gasteiger partial charge on any atom is 0.325 e. The molecule has 1 aromatic rings. The third kappa shape index (κ3) is 4.81. The Balaban J connectivity index is 0.00000180. The molecular formula is C12H15BrClN3O2. The van der Waals surface area contributed by atoms with Crippen molar-refractivity contribution in [3.05, 3.63) is 28.7 Å². The maximum absolute atomic E-state index is 11.7. The summed E-state index contributed by atoms with van der Waals surface area (Å²) in [6.45, 7) is 0.826. The van der Waals surface area contributed by atoms with Gasteiger partial charge >= 0.3 is 6.03 Å². The third-order valence-electron chi connectivity index (χ3n) is 2.72. The second kappa shape index (κ2) is 7.47. The fourth-order valence-electron chi connectivity index (χ4n) is 1.80. The summed E-state index contributed by atoms with van der Waals surface area (Å²) in [7, 11) is 0. The lowest BCUT2D eigenvalue weighted by molar-refractivity contribution is -0.121. The van der Waals surface area contributed by atoms with Crippen LogP contribution in [-0.4, -0.2) is 24.5 Å². The van der Waals surface area contributed by atoms with Crippen molar-refractivity contribution >= 4 is 46.0 Å². The largest absolute Gasteiger partial charge is 0.325 e. The summed E-state index contributed by atoms with van der Waals surface area (Å²) in [6.07, 6.45) is 1.74. The molecule has 0 saturated carbocycles. The molecule has 104 valence electrons. The van der Waals surface area contributed by atoms with Crippen LogP contribution in [0.4, 0.5) is 10.5 Å². The van der Waals surface area contributed by atoms with E-state index in [2.05, 4.69) is 31.9 Å². The lowest BCUT2D eigenvalue weighted by Gasteiger charge is -2.11. The van der Waals surface area contributed by atoms with Crippen molar-refractivity contribution in [1.29, 1.82) is 0 Å². The molecule has 2 rings (SSSR count). The fourth-order valence-corrected chi connectivity index (χ4v) is 2.07. The Morgan fingerprint density at radius 1 is 1.26 bits per heavy atom. The Labute approximate surface area is 126 Å². The molecule has 1 fully saturated rings. The van der Waals surface area contributed by atoms with Crippen molar-refractivity contribution in [2.24, 2.45) is 0 Å². The molecule has 1 aliphatic rings. The summed E-state index contributed by atoms with van der Waals surface area (Å²) >= 11 is 3.31. The van der Waals surface area contributed by atoms with E-state index in [1.807, 2.05) is 12.1 Å². The van der Waals surface area contributed by atoms with Crippen LogP contribution in [0.25, 0.3) is 0 Å². The molecule has 1 aromatic carbocycles. The van der Waals surface area contributed by atoms with Gasteiger partial charge in [-0.25, -0.2) is 4.79 Å². The van der Waals surface area contributed by atoms with Gasteiger partial charge in [0.25, 0.3) is 0 Å². The second-order valence-corrected chi connectivity index (χ2v) is 5.01. The predicted molar refractivity (Wildman–Crippen MR) is 79.6 cm³/mol. The molecule has 3 amide bonds. The van der Waals surface area contributed by atoms with Gasteiger partial charge in [0, 0.05) is 10.2 Å². The SMILES string of the molecule is Cl.O=C(NC(=O)[C@@H]1CCCN1)Nc1ccc(Br)cc1. The number of hydrogen-bond acceptors (Lipinski definition) is 3. The van der Waals surface area contributed by atoms with Gasteiger partial charge in [0.2, 0.25) is 5.91 Å². The summed E-state index contributed by atoms with van der Waals surface area (Å²) in [5.41, 5.74) is 0.642. The molecule has 0 unspecified atom stereocenters. The highest BCUT2D eigenvalue weighted by Gasteiger charge is 2.23. The van der Waals surface area contributed by atoms with Crippen LogP contribution in [0.1, 0.15) is 12.8 Å². The van der Waals surface area contributed by atoms with Gasteiger partial charge in [0.1, 0.15) is 0 Å². The monoisotopic (exact) mass is 347 g/mol. The van der Waals surface area contributed by atoms with Crippen molar-refractivity contribution in [2.75, 3.05) is 11.9 Å². The van der Waals surface area contributed by atoms with Crippen LogP contribution in [-0.2, 0) is 4.79 Å². The van der Waals surface area contributed by atoms with Crippen LogP contribution >= 0.6 is 28.3 Å². The number of amides is 3. The van der Waals surface area contributed by atoms with E-state index in [4.69, 9.17) is 0 Å². The smallest absolute Gasteiger partial charge is 0.308 e. The molecule has 1 aliphatic heterocycles. The predicted octanol–water partition coefficient (Wildman–Crippen LogP) is 2.27. The van der Waals surface area contributed by atoms with Gasteiger partial charge in [-0.1, -0.05) is 15.9 Å². The van der Waals surface area contributed by atoms with E-state index in [0.717, 1.165) is 23.9 Å². The summed E-state index contributed by atoms with van der Waals surface area (Å²) < 4.78 is 0.930. The van der Waals surface area contributed by atoms with Gasteiger partial charge in [-0.15, -0.1) is 12.4 Å². The van der Waals surface area contributed by atoms with Crippen molar-refractivity contribution in [3.63, 3.8) is 0 Å². The Morgan fingerprint density at radius 2 is 1.95 bits per heavy atom. The summed E-state index contributed by atoms with van der Waals surface area (Å²) in [4.78, 5) is 23.2. The quantitative estimate of drug-likeness (QED) is 0.768. The molecule has 3 N–H and O–H groups in total. The molecule has 0 bridgehead atoms. The number of carbonyl (C=O) groups excluding carboxylic acids is 2. The Kier molecular flexibility index (Phi) is 6.27. The van der Waals surface area contributed by atoms with E-state index < -0.39 is 6.03 Å².